The van der Waals surface area contributed by atoms with Crippen molar-refractivity contribution in [1.29, 1.82) is 0 Å². The van der Waals surface area contributed by atoms with E-state index >= 15 is 0 Å². The van der Waals surface area contributed by atoms with Crippen LogP contribution in [-0.2, 0) is 64.9 Å². The zero-order chi connectivity index (χ0) is 48.2. The first-order valence-corrected chi connectivity index (χ1v) is 25.6. The fourth-order valence-corrected chi connectivity index (χ4v) is 9.54. The van der Waals surface area contributed by atoms with Crippen molar-refractivity contribution in [2.45, 2.75) is 24.5 Å². The quantitative estimate of drug-likeness (QED) is 0.0474. The number of halogens is 1. The molecule has 0 bridgehead atoms. The first-order valence-electron chi connectivity index (χ1n) is 16.6. The van der Waals surface area contributed by atoms with Gasteiger partial charge < -0.3 is 28.9 Å². The molecule has 0 saturated heterocycles. The van der Waals surface area contributed by atoms with Gasteiger partial charge in [-0.3, -0.25) is 14.1 Å². The second kappa shape index (κ2) is 25.3. The molecule has 70 heavy (non-hydrogen) atoms. The largest absolute Gasteiger partial charge is 1.00 e. The van der Waals surface area contributed by atoms with E-state index in [1.165, 1.54) is 0 Å². The summed E-state index contributed by atoms with van der Waals surface area (Å²) in [7, 11) is -30.7. The number of hydrogen-bond donors (Lipinski definition) is 4. The molecule has 5 aromatic carbocycles. The van der Waals surface area contributed by atoms with Crippen LogP contribution in [0.25, 0.3) is 21.5 Å². The topological polar surface area (TPSA) is 464 Å². The second-order valence-electron chi connectivity index (χ2n) is 12.7. The monoisotopic (exact) mass is 1150 g/mol. The van der Waals surface area contributed by atoms with Gasteiger partial charge >= 0.3 is 158 Å². The minimum atomic E-state index is -5.46. The molecule has 4 N–H and O–H groups in total. The van der Waals surface area contributed by atoms with Gasteiger partial charge in [-0.05, 0) is 88.4 Å². The molecule has 0 spiro atoms. The van der Waals surface area contributed by atoms with E-state index in [1.54, 1.807) is 0 Å². The third kappa shape index (κ3) is 16.8. The van der Waals surface area contributed by atoms with Crippen LogP contribution in [0.15, 0.2) is 111 Å². The predicted molar refractivity (Wildman–Crippen MR) is 209 cm³/mol. The summed E-state index contributed by atoms with van der Waals surface area (Å²) in [5.41, 5.74) is -4.20. The molecule has 0 radical (unpaired) electrons. The van der Waals surface area contributed by atoms with E-state index in [4.69, 9.17) is 16.2 Å². The summed E-state index contributed by atoms with van der Waals surface area (Å²) in [5, 5.41) is 31.3. The summed E-state index contributed by atoms with van der Waals surface area (Å²) in [6, 6.07) is 7.66. The molecule has 0 aliphatic heterocycles. The summed E-state index contributed by atoms with van der Waals surface area (Å²) in [5.74, 6) is -3.55. The Labute approximate surface area is 511 Å². The molecule has 0 saturated carbocycles. The van der Waals surface area contributed by atoms with Crippen molar-refractivity contribution in [2.24, 2.45) is 20.2 Å². The van der Waals surface area contributed by atoms with Crippen LogP contribution in [0.1, 0.15) is 0 Å². The van der Waals surface area contributed by atoms with Crippen LogP contribution < -0.4 is 169 Å². The number of rotatable bonds is 13. The summed E-state index contributed by atoms with van der Waals surface area (Å²) < 4.78 is 202. The van der Waals surface area contributed by atoms with Gasteiger partial charge in [-0.25, -0.2) is 47.8 Å². The Balaban J connectivity index is 0.00000490. The van der Waals surface area contributed by atoms with Crippen LogP contribution in [-0.4, -0.2) is 101 Å². The Morgan fingerprint density at radius 1 is 0.614 bits per heavy atom. The average molecular weight is 1150 g/mol. The van der Waals surface area contributed by atoms with E-state index in [0.717, 1.165) is 24.3 Å². The predicted octanol–water partition coefficient (Wildman–Crippen LogP) is -14.7. The average Bonchev–Trinajstić information content (AvgIpc) is 3.15. The molecule has 6 rings (SSSR count). The summed E-state index contributed by atoms with van der Waals surface area (Å²) in [4.78, 5) is 11.6. The first kappa shape index (κ1) is 67.2. The molecule has 0 fully saturated rings. The SMILES string of the molecule is O=S(=O)(O)OCCS(=O)(=O)c1ccc(N=Nc2c(S(=O)(=O)O)cc3cc(S(=O)(=O)[O-])cc(N=c4[nH]c(Cl)nc(=Nc5cc(S(=O)(=O)[O-])cc6cc(S(=O)(=O)[O-])cc([O-])c56)[nH]4)c3c2[O-])cc1.[Na+].[Na+].[Na+].[Na+].[Na+]. The van der Waals surface area contributed by atoms with Gasteiger partial charge in [0.15, 0.2) is 9.84 Å². The maximum Gasteiger partial charge on any atom is 1.00 e. The normalized spacial score (nSPS) is 12.9. The van der Waals surface area contributed by atoms with E-state index in [1.807, 2.05) is 0 Å². The molecule has 0 aliphatic rings. The Kier molecular flexibility index (Phi) is 24.3. The molecular formula is C31H19ClN7Na5O20S6. The summed E-state index contributed by atoms with van der Waals surface area (Å²) >= 11 is 6.11. The van der Waals surface area contributed by atoms with E-state index < -0.39 is 164 Å². The Morgan fingerprint density at radius 2 is 1.10 bits per heavy atom. The molecule has 0 atom stereocenters. The van der Waals surface area contributed by atoms with Crippen LogP contribution >= 0.6 is 11.6 Å². The molecule has 346 valence electrons. The molecule has 0 unspecified atom stereocenters. The van der Waals surface area contributed by atoms with E-state index in [9.17, 15) is 78.9 Å². The molecular weight excluding hydrogens is 1130 g/mol. The van der Waals surface area contributed by atoms with Gasteiger partial charge in [0.1, 0.15) is 35.2 Å². The standard InChI is InChI=1S/C31H24ClN7O20S6.5Na/c32-29-35-30(33-21-11-18(61(44,45)46)7-14-8-20(63(50,51)52)13-23(40)25(14)21)37-31(36-29)34-22-12-19(62(47,48)49)9-15-10-24(64(53,54)55)27(28(41)26(15)22)39-38-16-1-3-17(4-2-16)60(42,43)6-5-59-65(56,57)58;;;;;/h1-4,7-13,40-41H,5-6H2,(H,44,45,46)(H,47,48,49)(H,50,51,52)(H,53,54,55)(H,56,57,58)(H2,33,34,35,36,37);;;;;/q;5*+1/p-5. The van der Waals surface area contributed by atoms with Crippen LogP contribution in [0.5, 0.6) is 11.5 Å². The van der Waals surface area contributed by atoms with Crippen molar-refractivity contribution < 1.29 is 235 Å². The zero-order valence-corrected chi connectivity index (χ0v) is 51.7. The Morgan fingerprint density at radius 3 is 1.59 bits per heavy atom. The van der Waals surface area contributed by atoms with E-state index in [0.29, 0.717) is 42.5 Å². The molecule has 27 nitrogen and oxygen atoms in total. The first-order chi connectivity index (χ1) is 29.8. The second-order valence-corrected chi connectivity index (χ2v) is 21.8. The molecule has 0 amide bonds. The number of nitrogens with one attached hydrogen (secondary N) is 2. The van der Waals surface area contributed by atoms with Gasteiger partial charge in [0.05, 0.1) is 54.7 Å². The number of hydrogen-bond acceptors (Lipinski definition) is 23. The van der Waals surface area contributed by atoms with Gasteiger partial charge in [0.25, 0.3) is 10.1 Å². The van der Waals surface area contributed by atoms with Crippen molar-refractivity contribution in [3.8, 4) is 11.5 Å². The van der Waals surface area contributed by atoms with Gasteiger partial charge in [0.2, 0.25) is 16.5 Å². The third-order valence-electron chi connectivity index (χ3n) is 8.33. The summed E-state index contributed by atoms with van der Waals surface area (Å²) in [6.45, 7) is -0.956. The van der Waals surface area contributed by atoms with Crippen molar-refractivity contribution in [2.75, 3.05) is 12.4 Å². The Hall–Kier alpha value is -0.820. The number of azo groups is 1. The fraction of sp³-hybridized carbons (Fsp3) is 0.0645. The van der Waals surface area contributed by atoms with E-state index in [-0.39, 0.29) is 153 Å². The maximum atomic E-state index is 14.1. The molecule has 1 heterocycles. The number of benzene rings is 5. The van der Waals surface area contributed by atoms with Crippen LogP contribution in [0.4, 0.5) is 22.7 Å². The molecule has 0 aliphatic carbocycles. The third-order valence-corrected chi connectivity index (χ3v) is 14.0. The number of aromatic amines is 2. The van der Waals surface area contributed by atoms with Gasteiger partial charge in [-0.15, -0.1) is 5.11 Å². The number of fused-ring (bicyclic) bond motifs is 2. The number of nitrogens with zero attached hydrogens (tertiary/aromatic N) is 5. The molecule has 6 aromatic rings. The maximum absolute atomic E-state index is 14.1. The van der Waals surface area contributed by atoms with Crippen LogP contribution in [0.2, 0.25) is 5.28 Å². The summed E-state index contributed by atoms with van der Waals surface area (Å²) in [6.07, 6.45) is 0. The van der Waals surface area contributed by atoms with Crippen molar-refractivity contribution in [1.82, 2.24) is 15.0 Å². The van der Waals surface area contributed by atoms with E-state index in [2.05, 4.69) is 39.3 Å². The fourth-order valence-electron chi connectivity index (χ4n) is 5.65. The smallest absolute Gasteiger partial charge is 0.872 e. The minimum Gasteiger partial charge on any atom is -0.872 e. The van der Waals surface area contributed by atoms with Gasteiger partial charge in [-0.2, -0.15) is 26.9 Å². The van der Waals surface area contributed by atoms with Gasteiger partial charge in [0, 0.05) is 5.39 Å². The van der Waals surface area contributed by atoms with Crippen LogP contribution in [0, 0.1) is 0 Å². The van der Waals surface area contributed by atoms with Gasteiger partial charge in [-0.1, -0.05) is 17.6 Å². The number of H-pyrrole nitrogens is 2. The zero-order valence-electron chi connectivity index (χ0n) is 36.1. The van der Waals surface area contributed by atoms with Crippen molar-refractivity contribution in [3.63, 3.8) is 0 Å². The Bertz CT molecular complexity index is 3900. The van der Waals surface area contributed by atoms with Crippen molar-refractivity contribution in [3.05, 3.63) is 83.2 Å². The number of aromatic nitrogens is 3. The molecule has 39 heteroatoms. The minimum absolute atomic E-state index is 0. The van der Waals surface area contributed by atoms with Crippen molar-refractivity contribution >= 4 is 117 Å². The molecule has 1 aromatic heterocycles. The van der Waals surface area contributed by atoms with Crippen LogP contribution in [0.3, 0.4) is 0 Å². The number of sulfone groups is 1.